The highest BCUT2D eigenvalue weighted by atomic mass is 32.1. The van der Waals surface area contributed by atoms with Crippen LogP contribution in [0.15, 0.2) is 42.6 Å². The van der Waals surface area contributed by atoms with E-state index in [1.807, 2.05) is 12.1 Å². The molecule has 2 aromatic rings. The zero-order valence-corrected chi connectivity index (χ0v) is 15.1. The summed E-state index contributed by atoms with van der Waals surface area (Å²) in [6.45, 7) is 1.66. The average molecular weight is 365 g/mol. The van der Waals surface area contributed by atoms with Gasteiger partial charge in [-0.25, -0.2) is 0 Å². The summed E-state index contributed by atoms with van der Waals surface area (Å²) in [6, 6.07) is 4.07. The van der Waals surface area contributed by atoms with Crippen molar-refractivity contribution in [3.8, 4) is 0 Å². The number of aromatic nitrogens is 1. The number of carbonyl (C=O) groups is 1. The molecule has 0 fully saturated rings. The Kier molecular flexibility index (Phi) is 3.76. The number of carbonyl (C=O) groups excluding carboxylic acids is 1. The number of ether oxygens (including phenoxy) is 1. The van der Waals surface area contributed by atoms with E-state index in [4.69, 9.17) is 4.74 Å². The van der Waals surface area contributed by atoms with E-state index in [0.717, 1.165) is 27.7 Å². The molecule has 5 nitrogen and oxygen atoms in total. The first-order chi connectivity index (χ1) is 12.8. The standard InChI is InChI=1S/C20H19N3O2S/c24-20-17-13-5-3-7-21-18(13)19-16(14(17)10-22-20)12-4-1-2-6-15(12)23(19)11-25-8-9-26/h1-7,12,15,26H,8-11H2,(H,22,24). The minimum Gasteiger partial charge on any atom is -0.360 e. The van der Waals surface area contributed by atoms with Gasteiger partial charge < -0.3 is 15.0 Å². The Morgan fingerprint density at radius 3 is 3.12 bits per heavy atom. The van der Waals surface area contributed by atoms with Crippen LogP contribution in [0.25, 0.3) is 10.9 Å². The SMILES string of the molecule is O=C1NCc2c3c(c4ncccc4c21)N(COCCS)C1C=CC=CC31. The van der Waals surface area contributed by atoms with Gasteiger partial charge in [0.15, 0.2) is 0 Å². The molecule has 0 radical (unpaired) electrons. The molecule has 2 unspecified atom stereocenters. The van der Waals surface area contributed by atoms with Crippen LogP contribution in [-0.2, 0) is 11.3 Å². The number of pyridine rings is 1. The lowest BCUT2D eigenvalue weighted by Crippen LogP contribution is -2.35. The van der Waals surface area contributed by atoms with Gasteiger partial charge in [-0.2, -0.15) is 12.6 Å². The maximum Gasteiger partial charge on any atom is 0.252 e. The smallest absolute Gasteiger partial charge is 0.252 e. The van der Waals surface area contributed by atoms with Gasteiger partial charge in [-0.1, -0.05) is 30.4 Å². The highest BCUT2D eigenvalue weighted by Gasteiger charge is 2.43. The molecular weight excluding hydrogens is 346 g/mol. The molecular formula is C20H19N3O2S. The number of fused-ring (bicyclic) bond motifs is 8. The third kappa shape index (κ3) is 2.15. The summed E-state index contributed by atoms with van der Waals surface area (Å²) in [5, 5.41) is 3.92. The average Bonchev–Trinajstić information content (AvgIpc) is 3.21. The van der Waals surface area contributed by atoms with Gasteiger partial charge in [-0.05, 0) is 17.2 Å². The van der Waals surface area contributed by atoms with E-state index in [9.17, 15) is 4.79 Å². The van der Waals surface area contributed by atoms with Gasteiger partial charge in [0, 0.05) is 29.8 Å². The second-order valence-electron chi connectivity index (χ2n) is 6.72. The summed E-state index contributed by atoms with van der Waals surface area (Å²) < 4.78 is 5.84. The van der Waals surface area contributed by atoms with Crippen molar-refractivity contribution >= 4 is 35.1 Å². The number of allylic oxidation sites excluding steroid dienone is 2. The second kappa shape index (κ2) is 6.14. The first-order valence-corrected chi connectivity index (χ1v) is 9.46. The van der Waals surface area contributed by atoms with Gasteiger partial charge in [0.05, 0.1) is 29.4 Å². The Labute approximate surface area is 157 Å². The first-order valence-electron chi connectivity index (χ1n) is 8.83. The first kappa shape index (κ1) is 15.9. The highest BCUT2D eigenvalue weighted by molar-refractivity contribution is 7.80. The van der Waals surface area contributed by atoms with Gasteiger partial charge in [0.1, 0.15) is 6.73 Å². The third-order valence-corrected chi connectivity index (χ3v) is 5.57. The van der Waals surface area contributed by atoms with Gasteiger partial charge in [0.25, 0.3) is 5.91 Å². The molecule has 6 heteroatoms. The largest absolute Gasteiger partial charge is 0.360 e. The summed E-state index contributed by atoms with van der Waals surface area (Å²) in [4.78, 5) is 19.5. The molecule has 3 heterocycles. The molecule has 0 bridgehead atoms. The van der Waals surface area contributed by atoms with Crippen molar-refractivity contribution in [2.45, 2.75) is 18.5 Å². The fraction of sp³-hybridized carbons (Fsp3) is 0.300. The fourth-order valence-corrected chi connectivity index (χ4v) is 4.53. The Morgan fingerprint density at radius 2 is 2.23 bits per heavy atom. The van der Waals surface area contributed by atoms with Crippen LogP contribution in [0, 0.1) is 0 Å². The summed E-state index contributed by atoms with van der Waals surface area (Å²) in [5.41, 5.74) is 5.08. The zero-order chi connectivity index (χ0) is 17.7. The molecule has 26 heavy (non-hydrogen) atoms. The molecule has 1 aromatic heterocycles. The van der Waals surface area contributed by atoms with Crippen LogP contribution in [0.1, 0.15) is 27.4 Å². The maximum absolute atomic E-state index is 12.5. The number of nitrogens with one attached hydrogen (secondary N) is 1. The quantitative estimate of drug-likeness (QED) is 0.646. The van der Waals surface area contributed by atoms with Crippen molar-refractivity contribution in [3.05, 3.63) is 59.3 Å². The van der Waals surface area contributed by atoms with E-state index >= 15 is 0 Å². The van der Waals surface area contributed by atoms with Crippen LogP contribution in [-0.4, -0.2) is 36.0 Å². The lowest BCUT2D eigenvalue weighted by molar-refractivity contribution is 0.0967. The van der Waals surface area contributed by atoms with E-state index < -0.39 is 0 Å². The lowest BCUT2D eigenvalue weighted by Gasteiger charge is -2.28. The molecule has 3 aliphatic rings. The number of thiol groups is 1. The monoisotopic (exact) mass is 365 g/mol. The Morgan fingerprint density at radius 1 is 1.35 bits per heavy atom. The van der Waals surface area contributed by atoms with Crippen molar-refractivity contribution in [1.29, 1.82) is 0 Å². The summed E-state index contributed by atoms with van der Waals surface area (Å²) >= 11 is 4.24. The minimum absolute atomic E-state index is 0.00236. The maximum atomic E-state index is 12.5. The topological polar surface area (TPSA) is 54.5 Å². The second-order valence-corrected chi connectivity index (χ2v) is 7.16. The van der Waals surface area contributed by atoms with E-state index in [2.05, 4.69) is 52.1 Å². The van der Waals surface area contributed by atoms with Gasteiger partial charge in [-0.15, -0.1) is 0 Å². The van der Waals surface area contributed by atoms with Crippen LogP contribution < -0.4 is 10.2 Å². The normalized spacial score (nSPS) is 22.5. The van der Waals surface area contributed by atoms with Crippen molar-refractivity contribution in [3.63, 3.8) is 0 Å². The molecule has 2 aliphatic heterocycles. The predicted octanol–water partition coefficient (Wildman–Crippen LogP) is 2.78. The summed E-state index contributed by atoms with van der Waals surface area (Å²) in [7, 11) is 0. The molecule has 1 aliphatic carbocycles. The molecule has 2 atom stereocenters. The van der Waals surface area contributed by atoms with E-state index in [0.29, 0.717) is 25.6 Å². The molecule has 5 rings (SSSR count). The fourth-order valence-electron chi connectivity index (χ4n) is 4.40. The molecule has 0 spiro atoms. The van der Waals surface area contributed by atoms with Crippen LogP contribution in [0.4, 0.5) is 5.69 Å². The third-order valence-electron chi connectivity index (χ3n) is 5.39. The molecule has 1 amide bonds. The zero-order valence-electron chi connectivity index (χ0n) is 14.2. The van der Waals surface area contributed by atoms with Gasteiger partial charge >= 0.3 is 0 Å². The lowest BCUT2D eigenvalue weighted by atomic mass is 9.86. The number of hydrogen-bond acceptors (Lipinski definition) is 5. The molecule has 0 saturated heterocycles. The number of rotatable bonds is 4. The van der Waals surface area contributed by atoms with Gasteiger partial charge in [0.2, 0.25) is 0 Å². The van der Waals surface area contributed by atoms with Crippen molar-refractivity contribution < 1.29 is 9.53 Å². The van der Waals surface area contributed by atoms with E-state index in [1.54, 1.807) is 6.20 Å². The Hall–Kier alpha value is -2.31. The molecule has 0 saturated carbocycles. The van der Waals surface area contributed by atoms with E-state index in [-0.39, 0.29) is 17.9 Å². The number of amides is 1. The van der Waals surface area contributed by atoms with Crippen molar-refractivity contribution in [1.82, 2.24) is 10.3 Å². The Balaban J connectivity index is 1.78. The van der Waals surface area contributed by atoms with Crippen LogP contribution in [0.5, 0.6) is 0 Å². The molecule has 1 N–H and O–H groups in total. The van der Waals surface area contributed by atoms with Crippen molar-refractivity contribution in [2.24, 2.45) is 0 Å². The predicted molar refractivity (Wildman–Crippen MR) is 105 cm³/mol. The highest BCUT2D eigenvalue weighted by Crippen LogP contribution is 2.50. The van der Waals surface area contributed by atoms with Crippen LogP contribution in [0.3, 0.4) is 0 Å². The number of hydrogen-bond donors (Lipinski definition) is 2. The number of benzene rings is 1. The number of anilines is 1. The summed E-state index contributed by atoms with van der Waals surface area (Å²) in [5.74, 6) is 0.895. The summed E-state index contributed by atoms with van der Waals surface area (Å²) in [6.07, 6.45) is 10.4. The number of nitrogens with zero attached hydrogens (tertiary/aromatic N) is 2. The van der Waals surface area contributed by atoms with Gasteiger partial charge in [-0.3, -0.25) is 9.78 Å². The van der Waals surface area contributed by atoms with Crippen LogP contribution in [0.2, 0.25) is 0 Å². The Bertz CT molecular complexity index is 969. The van der Waals surface area contributed by atoms with Crippen LogP contribution >= 0.6 is 12.6 Å². The molecule has 132 valence electrons. The van der Waals surface area contributed by atoms with Crippen molar-refractivity contribution in [2.75, 3.05) is 24.0 Å². The minimum atomic E-state index is -0.00236. The molecule has 1 aromatic carbocycles. The van der Waals surface area contributed by atoms with E-state index in [1.165, 1.54) is 5.56 Å².